The number of aryl methyl sites for hydroxylation is 1. The highest BCUT2D eigenvalue weighted by atomic mass is 35.5. The highest BCUT2D eigenvalue weighted by molar-refractivity contribution is 6.31. The molecule has 0 saturated heterocycles. The van der Waals surface area contributed by atoms with Crippen LogP contribution in [0.25, 0.3) is 0 Å². The standard InChI is InChI=1S/C20H22ClNO4/c1-13-5-3-6-14(9-13)10-15(20(24)25)12-22-19(23)11-16-17(21)7-4-8-18(16)26-2/h3-9,15H,10-12H2,1-2H3,(H,22,23)(H,24,25). The Kier molecular flexibility index (Phi) is 7.04. The lowest BCUT2D eigenvalue weighted by Gasteiger charge is -2.15. The molecule has 2 N–H and O–H groups in total. The number of hydrogen-bond donors (Lipinski definition) is 2. The lowest BCUT2D eigenvalue weighted by atomic mass is 9.98. The summed E-state index contributed by atoms with van der Waals surface area (Å²) in [5.41, 5.74) is 2.58. The molecule has 0 radical (unpaired) electrons. The molecule has 0 aromatic heterocycles. The summed E-state index contributed by atoms with van der Waals surface area (Å²) in [5.74, 6) is -1.41. The van der Waals surface area contributed by atoms with E-state index in [0.717, 1.165) is 11.1 Å². The number of carboxylic acid groups (broad SMARTS) is 1. The Morgan fingerprint density at radius 2 is 1.96 bits per heavy atom. The van der Waals surface area contributed by atoms with Crippen LogP contribution in [-0.2, 0) is 22.4 Å². The number of nitrogens with one attached hydrogen (secondary N) is 1. The third kappa shape index (κ3) is 5.49. The largest absolute Gasteiger partial charge is 0.496 e. The van der Waals surface area contributed by atoms with Gasteiger partial charge in [-0.15, -0.1) is 0 Å². The summed E-state index contributed by atoms with van der Waals surface area (Å²) < 4.78 is 5.22. The molecule has 5 nitrogen and oxygen atoms in total. The molecule has 2 aromatic rings. The molecule has 0 spiro atoms. The molecule has 138 valence electrons. The molecule has 0 heterocycles. The highest BCUT2D eigenvalue weighted by Gasteiger charge is 2.20. The van der Waals surface area contributed by atoms with Gasteiger partial charge in [0, 0.05) is 17.1 Å². The predicted octanol–water partition coefficient (Wildman–Crippen LogP) is 3.26. The zero-order chi connectivity index (χ0) is 19.1. The smallest absolute Gasteiger partial charge is 0.308 e. The van der Waals surface area contributed by atoms with Crippen molar-refractivity contribution < 1.29 is 19.4 Å². The van der Waals surface area contributed by atoms with Crippen molar-refractivity contribution in [2.45, 2.75) is 19.8 Å². The predicted molar refractivity (Wildman–Crippen MR) is 101 cm³/mol. The monoisotopic (exact) mass is 375 g/mol. The summed E-state index contributed by atoms with van der Waals surface area (Å²) in [6, 6.07) is 12.8. The van der Waals surface area contributed by atoms with E-state index >= 15 is 0 Å². The number of rotatable bonds is 8. The Morgan fingerprint density at radius 1 is 1.23 bits per heavy atom. The number of ether oxygens (including phenoxy) is 1. The average Bonchev–Trinajstić information content (AvgIpc) is 2.60. The van der Waals surface area contributed by atoms with Gasteiger partial charge < -0.3 is 15.2 Å². The van der Waals surface area contributed by atoms with Crippen LogP contribution in [0.15, 0.2) is 42.5 Å². The van der Waals surface area contributed by atoms with E-state index in [1.165, 1.54) is 7.11 Å². The summed E-state index contributed by atoms with van der Waals surface area (Å²) in [6.07, 6.45) is 0.381. The maximum atomic E-state index is 12.2. The summed E-state index contributed by atoms with van der Waals surface area (Å²) >= 11 is 6.13. The molecular weight excluding hydrogens is 354 g/mol. The van der Waals surface area contributed by atoms with Crippen LogP contribution in [0.2, 0.25) is 5.02 Å². The highest BCUT2D eigenvalue weighted by Crippen LogP contribution is 2.26. The van der Waals surface area contributed by atoms with Crippen LogP contribution in [0.4, 0.5) is 0 Å². The van der Waals surface area contributed by atoms with Gasteiger partial charge >= 0.3 is 5.97 Å². The second-order valence-electron chi connectivity index (χ2n) is 6.13. The second-order valence-corrected chi connectivity index (χ2v) is 6.54. The van der Waals surface area contributed by atoms with E-state index < -0.39 is 11.9 Å². The zero-order valence-electron chi connectivity index (χ0n) is 14.8. The third-order valence-electron chi connectivity index (χ3n) is 4.09. The van der Waals surface area contributed by atoms with Crippen LogP contribution in [0.3, 0.4) is 0 Å². The van der Waals surface area contributed by atoms with Gasteiger partial charge in [-0.25, -0.2) is 0 Å². The van der Waals surface area contributed by atoms with Crippen molar-refractivity contribution in [1.82, 2.24) is 5.32 Å². The van der Waals surface area contributed by atoms with Gasteiger partial charge in [-0.3, -0.25) is 9.59 Å². The quantitative estimate of drug-likeness (QED) is 0.742. The topological polar surface area (TPSA) is 75.6 Å². The molecule has 0 aliphatic rings. The zero-order valence-corrected chi connectivity index (χ0v) is 15.5. The van der Waals surface area contributed by atoms with Crippen molar-refractivity contribution in [3.8, 4) is 5.75 Å². The van der Waals surface area contributed by atoms with Crippen LogP contribution < -0.4 is 10.1 Å². The SMILES string of the molecule is COc1cccc(Cl)c1CC(=O)NCC(Cc1cccc(C)c1)C(=O)O. The minimum atomic E-state index is -0.942. The Balaban J connectivity index is 1.99. The number of aliphatic carboxylic acids is 1. The van der Waals surface area contributed by atoms with Gasteiger partial charge in [0.1, 0.15) is 5.75 Å². The van der Waals surface area contributed by atoms with Gasteiger partial charge in [0.2, 0.25) is 5.91 Å². The maximum Gasteiger partial charge on any atom is 0.308 e. The fraction of sp³-hybridized carbons (Fsp3) is 0.300. The van der Waals surface area contributed by atoms with Gasteiger partial charge in [-0.05, 0) is 31.0 Å². The minimum absolute atomic E-state index is 0.0274. The Morgan fingerprint density at radius 3 is 2.62 bits per heavy atom. The summed E-state index contributed by atoms with van der Waals surface area (Å²) in [7, 11) is 1.51. The molecule has 0 fully saturated rings. The second kappa shape index (κ2) is 9.25. The van der Waals surface area contributed by atoms with E-state index in [9.17, 15) is 14.7 Å². The summed E-state index contributed by atoms with van der Waals surface area (Å²) in [4.78, 5) is 23.8. The van der Waals surface area contributed by atoms with Crippen molar-refractivity contribution in [2.75, 3.05) is 13.7 Å². The number of carboxylic acids is 1. The molecule has 26 heavy (non-hydrogen) atoms. The van der Waals surface area contributed by atoms with Crippen LogP contribution in [0, 0.1) is 12.8 Å². The fourth-order valence-electron chi connectivity index (χ4n) is 2.73. The normalized spacial score (nSPS) is 11.7. The number of carbonyl (C=O) groups excluding carboxylic acids is 1. The van der Waals surface area contributed by atoms with Crippen molar-refractivity contribution >= 4 is 23.5 Å². The molecular formula is C20H22ClNO4. The molecule has 2 aromatic carbocycles. The molecule has 2 rings (SSSR count). The molecule has 1 unspecified atom stereocenters. The van der Waals surface area contributed by atoms with Gasteiger partial charge in [-0.2, -0.15) is 0 Å². The van der Waals surface area contributed by atoms with Crippen LogP contribution in [0.1, 0.15) is 16.7 Å². The molecule has 6 heteroatoms. The van der Waals surface area contributed by atoms with Gasteiger partial charge in [0.05, 0.1) is 19.4 Å². The van der Waals surface area contributed by atoms with E-state index in [-0.39, 0.29) is 18.9 Å². The Bertz CT molecular complexity index is 791. The lowest BCUT2D eigenvalue weighted by Crippen LogP contribution is -2.35. The maximum absolute atomic E-state index is 12.2. The number of methoxy groups -OCH3 is 1. The van der Waals surface area contributed by atoms with Crippen molar-refractivity contribution in [1.29, 1.82) is 0 Å². The molecule has 0 aliphatic carbocycles. The Labute approximate surface area is 157 Å². The Hall–Kier alpha value is -2.53. The fourth-order valence-corrected chi connectivity index (χ4v) is 2.96. The molecule has 0 saturated carbocycles. The van der Waals surface area contributed by atoms with Crippen molar-refractivity contribution in [3.63, 3.8) is 0 Å². The summed E-state index contributed by atoms with van der Waals surface area (Å²) in [5, 5.41) is 12.6. The van der Waals surface area contributed by atoms with E-state index in [0.29, 0.717) is 22.8 Å². The van der Waals surface area contributed by atoms with E-state index in [4.69, 9.17) is 16.3 Å². The van der Waals surface area contributed by atoms with Crippen molar-refractivity contribution in [3.05, 3.63) is 64.2 Å². The minimum Gasteiger partial charge on any atom is -0.496 e. The first-order chi connectivity index (χ1) is 12.4. The first-order valence-corrected chi connectivity index (χ1v) is 8.65. The van der Waals surface area contributed by atoms with Gasteiger partial charge in [-0.1, -0.05) is 47.5 Å². The molecule has 1 atom stereocenters. The lowest BCUT2D eigenvalue weighted by molar-refractivity contribution is -0.141. The van der Waals surface area contributed by atoms with Crippen LogP contribution in [-0.4, -0.2) is 30.6 Å². The van der Waals surface area contributed by atoms with E-state index in [2.05, 4.69) is 5.32 Å². The number of halogens is 1. The summed E-state index contributed by atoms with van der Waals surface area (Å²) in [6.45, 7) is 2.01. The van der Waals surface area contributed by atoms with Gasteiger partial charge in [0.25, 0.3) is 0 Å². The molecule has 0 aliphatic heterocycles. The van der Waals surface area contributed by atoms with Gasteiger partial charge in [0.15, 0.2) is 0 Å². The molecule has 1 amide bonds. The number of benzene rings is 2. The van der Waals surface area contributed by atoms with Crippen LogP contribution >= 0.6 is 11.6 Å². The van der Waals surface area contributed by atoms with Crippen molar-refractivity contribution in [2.24, 2.45) is 5.92 Å². The number of carbonyl (C=O) groups is 2. The number of hydrogen-bond acceptors (Lipinski definition) is 3. The van der Waals surface area contributed by atoms with E-state index in [1.807, 2.05) is 31.2 Å². The van der Waals surface area contributed by atoms with E-state index in [1.54, 1.807) is 18.2 Å². The average molecular weight is 376 g/mol. The first-order valence-electron chi connectivity index (χ1n) is 8.27. The third-order valence-corrected chi connectivity index (χ3v) is 4.45. The molecule has 0 bridgehead atoms. The number of amides is 1. The first kappa shape index (κ1) is 19.8. The van der Waals surface area contributed by atoms with Crippen LogP contribution in [0.5, 0.6) is 5.75 Å².